The van der Waals surface area contributed by atoms with Crippen molar-refractivity contribution in [3.8, 4) is 0 Å². The molecule has 0 saturated carbocycles. The van der Waals surface area contributed by atoms with Crippen LogP contribution in [0, 0.1) is 5.92 Å². The summed E-state index contributed by atoms with van der Waals surface area (Å²) in [5, 5.41) is 0. The molecular weight excluding hydrogens is 194 g/mol. The molecule has 1 nitrogen and oxygen atoms in total. The van der Waals surface area contributed by atoms with Gasteiger partial charge in [-0.25, -0.2) is 0 Å². The van der Waals surface area contributed by atoms with E-state index in [9.17, 15) is 0 Å². The highest BCUT2D eigenvalue weighted by Gasteiger charge is 2.15. The monoisotopic (exact) mass is 225 g/mol. The van der Waals surface area contributed by atoms with Gasteiger partial charge in [0.1, 0.15) is 0 Å². The largest absolute Gasteiger partial charge is 0.375 e. The summed E-state index contributed by atoms with van der Waals surface area (Å²) in [4.78, 5) is 2.51. The predicted molar refractivity (Wildman–Crippen MR) is 74.6 cm³/mol. The third-order valence-corrected chi connectivity index (χ3v) is 3.14. The quantitative estimate of drug-likeness (QED) is 0.514. The summed E-state index contributed by atoms with van der Waals surface area (Å²) in [6.07, 6.45) is 7.60. The van der Waals surface area contributed by atoms with Crippen molar-refractivity contribution in [2.45, 2.75) is 66.2 Å². The molecule has 0 amide bonds. The minimum Gasteiger partial charge on any atom is -0.375 e. The first-order valence-electron chi connectivity index (χ1n) is 7.14. The maximum Gasteiger partial charge on any atom is 0.0172 e. The van der Waals surface area contributed by atoms with Crippen LogP contribution in [0.15, 0.2) is 12.3 Å². The molecule has 0 atom stereocenters. The smallest absolute Gasteiger partial charge is 0.0172 e. The van der Waals surface area contributed by atoms with Crippen LogP contribution < -0.4 is 0 Å². The molecule has 0 fully saturated rings. The van der Waals surface area contributed by atoms with Gasteiger partial charge in [-0.3, -0.25) is 0 Å². The maximum atomic E-state index is 4.36. The lowest BCUT2D eigenvalue weighted by molar-refractivity contribution is 0.288. The third kappa shape index (κ3) is 5.58. The van der Waals surface area contributed by atoms with Crippen molar-refractivity contribution < 1.29 is 0 Å². The molecule has 96 valence electrons. The summed E-state index contributed by atoms with van der Waals surface area (Å²) in [5.41, 5.74) is 1.40. The zero-order chi connectivity index (χ0) is 12.4. The lowest BCUT2D eigenvalue weighted by Gasteiger charge is -2.31. The van der Waals surface area contributed by atoms with Crippen molar-refractivity contribution in [2.24, 2.45) is 5.92 Å². The highest BCUT2D eigenvalue weighted by molar-refractivity contribution is 5.00. The highest BCUT2D eigenvalue weighted by Crippen LogP contribution is 2.24. The van der Waals surface area contributed by atoms with Crippen LogP contribution in [0.5, 0.6) is 0 Å². The van der Waals surface area contributed by atoms with Crippen molar-refractivity contribution >= 4 is 0 Å². The molecule has 0 aromatic carbocycles. The number of nitrogens with zero attached hydrogens (tertiary/aromatic N) is 1. The predicted octanol–water partition coefficient (Wildman–Crippen LogP) is 4.84. The number of hydrogen-bond donors (Lipinski definition) is 0. The summed E-state index contributed by atoms with van der Waals surface area (Å²) in [6, 6.07) is 0. The van der Waals surface area contributed by atoms with E-state index in [1.807, 2.05) is 0 Å². The molecule has 0 N–H and O–H groups in total. The van der Waals surface area contributed by atoms with Gasteiger partial charge in [0.15, 0.2) is 0 Å². The second kappa shape index (κ2) is 9.74. The van der Waals surface area contributed by atoms with E-state index in [1.54, 1.807) is 0 Å². The molecule has 0 heterocycles. The van der Waals surface area contributed by atoms with E-state index < -0.39 is 0 Å². The van der Waals surface area contributed by atoms with Gasteiger partial charge in [-0.2, -0.15) is 0 Å². The van der Waals surface area contributed by atoms with Crippen molar-refractivity contribution in [1.82, 2.24) is 4.90 Å². The highest BCUT2D eigenvalue weighted by atomic mass is 15.1. The average molecular weight is 225 g/mol. The minimum absolute atomic E-state index is 0.716. The Kier molecular flexibility index (Phi) is 9.46. The molecular formula is C15H31N. The maximum absolute atomic E-state index is 4.36. The van der Waals surface area contributed by atoms with Crippen molar-refractivity contribution in [2.75, 3.05) is 13.1 Å². The molecule has 0 rings (SSSR count). The Bertz CT molecular complexity index is 144. The molecule has 0 aromatic rings. The first-order valence-corrected chi connectivity index (χ1v) is 7.14. The minimum atomic E-state index is 0.716. The zero-order valence-corrected chi connectivity index (χ0v) is 11.9. The summed E-state index contributed by atoms with van der Waals surface area (Å²) in [7, 11) is 0. The van der Waals surface area contributed by atoms with Gasteiger partial charge in [0, 0.05) is 18.8 Å². The Morgan fingerprint density at radius 2 is 1.31 bits per heavy atom. The zero-order valence-electron chi connectivity index (χ0n) is 11.9. The molecule has 0 unspecified atom stereocenters. The standard InChI is InChI=1S/C15H31N/c1-6-10-15(11-7-2)14(5)16(12-8-3)13-9-4/h15H,5-13H2,1-4H3. The Morgan fingerprint density at radius 1 is 0.875 bits per heavy atom. The van der Waals surface area contributed by atoms with Crippen LogP contribution in [0.1, 0.15) is 66.2 Å². The van der Waals surface area contributed by atoms with Gasteiger partial charge in [-0.15, -0.1) is 0 Å². The van der Waals surface area contributed by atoms with Crippen LogP contribution in [-0.4, -0.2) is 18.0 Å². The van der Waals surface area contributed by atoms with Gasteiger partial charge in [-0.1, -0.05) is 47.1 Å². The Hall–Kier alpha value is -0.460. The van der Waals surface area contributed by atoms with Crippen LogP contribution in [-0.2, 0) is 0 Å². The molecule has 0 spiro atoms. The second-order valence-corrected chi connectivity index (χ2v) is 4.75. The van der Waals surface area contributed by atoms with E-state index >= 15 is 0 Å². The van der Waals surface area contributed by atoms with E-state index in [-0.39, 0.29) is 0 Å². The average Bonchev–Trinajstić information content (AvgIpc) is 2.27. The molecule has 0 bridgehead atoms. The van der Waals surface area contributed by atoms with Gasteiger partial charge in [0.2, 0.25) is 0 Å². The van der Waals surface area contributed by atoms with Crippen LogP contribution in [0.3, 0.4) is 0 Å². The van der Waals surface area contributed by atoms with E-state index in [4.69, 9.17) is 0 Å². The van der Waals surface area contributed by atoms with Crippen molar-refractivity contribution in [3.63, 3.8) is 0 Å². The molecule has 0 aliphatic carbocycles. The molecule has 0 saturated heterocycles. The van der Waals surface area contributed by atoms with Gasteiger partial charge in [0.25, 0.3) is 0 Å². The first-order chi connectivity index (χ1) is 7.71. The number of allylic oxidation sites excluding steroid dienone is 1. The van der Waals surface area contributed by atoms with Crippen LogP contribution in [0.2, 0.25) is 0 Å². The fourth-order valence-corrected chi connectivity index (χ4v) is 2.37. The van der Waals surface area contributed by atoms with E-state index in [1.165, 1.54) is 57.3 Å². The fourth-order valence-electron chi connectivity index (χ4n) is 2.37. The van der Waals surface area contributed by atoms with E-state index in [0.717, 1.165) is 0 Å². The molecule has 0 aromatic heterocycles. The van der Waals surface area contributed by atoms with Gasteiger partial charge in [-0.05, 0) is 31.6 Å². The van der Waals surface area contributed by atoms with Crippen LogP contribution >= 0.6 is 0 Å². The Labute approximate surface area is 103 Å². The van der Waals surface area contributed by atoms with E-state index in [2.05, 4.69) is 39.2 Å². The lowest BCUT2D eigenvalue weighted by atomic mass is 9.94. The van der Waals surface area contributed by atoms with Gasteiger partial charge in [0.05, 0.1) is 0 Å². The van der Waals surface area contributed by atoms with Gasteiger partial charge >= 0.3 is 0 Å². The topological polar surface area (TPSA) is 3.24 Å². The summed E-state index contributed by atoms with van der Waals surface area (Å²) in [6.45, 7) is 15.8. The van der Waals surface area contributed by atoms with Crippen LogP contribution in [0.4, 0.5) is 0 Å². The molecule has 0 aliphatic heterocycles. The molecule has 16 heavy (non-hydrogen) atoms. The van der Waals surface area contributed by atoms with Gasteiger partial charge < -0.3 is 4.90 Å². The summed E-state index contributed by atoms with van der Waals surface area (Å²) >= 11 is 0. The Balaban J connectivity index is 4.38. The molecule has 0 radical (unpaired) electrons. The van der Waals surface area contributed by atoms with Crippen molar-refractivity contribution in [1.29, 1.82) is 0 Å². The SMILES string of the molecule is C=C(C(CCC)CCC)N(CCC)CCC. The third-order valence-electron chi connectivity index (χ3n) is 3.14. The van der Waals surface area contributed by atoms with Crippen molar-refractivity contribution in [3.05, 3.63) is 12.3 Å². The molecule has 0 aliphatic rings. The molecule has 1 heteroatoms. The number of hydrogen-bond acceptors (Lipinski definition) is 1. The Morgan fingerprint density at radius 3 is 1.62 bits per heavy atom. The van der Waals surface area contributed by atoms with Crippen LogP contribution in [0.25, 0.3) is 0 Å². The normalized spacial score (nSPS) is 10.8. The van der Waals surface area contributed by atoms with E-state index in [0.29, 0.717) is 5.92 Å². The summed E-state index contributed by atoms with van der Waals surface area (Å²) in [5.74, 6) is 0.716. The summed E-state index contributed by atoms with van der Waals surface area (Å²) < 4.78 is 0. The second-order valence-electron chi connectivity index (χ2n) is 4.75. The first kappa shape index (κ1) is 15.5. The lowest BCUT2D eigenvalue weighted by Crippen LogP contribution is -2.28. The number of rotatable bonds is 10. The fraction of sp³-hybridized carbons (Fsp3) is 0.867.